The molecular formula is C13H24N4O. The van der Waals surface area contributed by atoms with Crippen molar-refractivity contribution < 1.29 is 4.74 Å². The first kappa shape index (κ1) is 14.5. The average Bonchev–Trinajstić information content (AvgIpc) is 2.34. The molecule has 0 fully saturated rings. The Balaban J connectivity index is 2.94. The van der Waals surface area contributed by atoms with Crippen LogP contribution in [0.15, 0.2) is 6.33 Å². The van der Waals surface area contributed by atoms with Gasteiger partial charge < -0.3 is 15.4 Å². The van der Waals surface area contributed by atoms with Crippen molar-refractivity contribution in [3.63, 3.8) is 0 Å². The molecule has 0 aromatic carbocycles. The number of nitrogens with two attached hydrogens (primary N) is 1. The third-order valence-electron chi connectivity index (χ3n) is 2.91. The third-order valence-corrected chi connectivity index (χ3v) is 2.91. The number of rotatable bonds is 7. The Morgan fingerprint density at radius 2 is 2.06 bits per heavy atom. The molecule has 0 amide bonds. The lowest BCUT2D eigenvalue weighted by Crippen LogP contribution is -2.33. The van der Waals surface area contributed by atoms with Crippen LogP contribution in [0.25, 0.3) is 0 Å². The second-order valence-electron chi connectivity index (χ2n) is 4.61. The lowest BCUT2D eigenvalue weighted by atomic mass is 10.2. The number of unbranched alkanes of at least 4 members (excludes halogenated alkanes) is 2. The van der Waals surface area contributed by atoms with Crippen molar-refractivity contribution in [1.29, 1.82) is 0 Å². The predicted molar refractivity (Wildman–Crippen MR) is 75.0 cm³/mol. The Kier molecular flexibility index (Phi) is 5.68. The molecule has 18 heavy (non-hydrogen) atoms. The number of nitrogens with zero attached hydrogens (tertiary/aromatic N) is 3. The second-order valence-corrected chi connectivity index (χ2v) is 4.61. The van der Waals surface area contributed by atoms with E-state index in [2.05, 4.69) is 35.6 Å². The molecule has 0 atom stereocenters. The summed E-state index contributed by atoms with van der Waals surface area (Å²) in [4.78, 5) is 10.5. The molecule has 2 N–H and O–H groups in total. The van der Waals surface area contributed by atoms with Gasteiger partial charge >= 0.3 is 0 Å². The van der Waals surface area contributed by atoms with Crippen molar-refractivity contribution in [2.24, 2.45) is 0 Å². The van der Waals surface area contributed by atoms with E-state index in [1.54, 1.807) is 7.11 Å². The van der Waals surface area contributed by atoms with Crippen molar-refractivity contribution in [3.8, 4) is 5.75 Å². The summed E-state index contributed by atoms with van der Waals surface area (Å²) in [6.45, 7) is 7.44. The van der Waals surface area contributed by atoms with E-state index in [0.717, 1.165) is 18.8 Å². The molecule has 0 saturated carbocycles. The zero-order chi connectivity index (χ0) is 13.5. The Morgan fingerprint density at radius 1 is 1.33 bits per heavy atom. The van der Waals surface area contributed by atoms with Crippen LogP contribution < -0.4 is 15.4 Å². The first-order valence-electron chi connectivity index (χ1n) is 6.52. The molecule has 0 saturated heterocycles. The molecule has 0 bridgehead atoms. The van der Waals surface area contributed by atoms with Gasteiger partial charge in [-0.1, -0.05) is 19.8 Å². The van der Waals surface area contributed by atoms with Crippen molar-refractivity contribution >= 4 is 11.6 Å². The standard InChI is InChI=1S/C13H24N4O/c1-5-6-7-8-17(10(2)3)13-11(18-4)12(14)15-9-16-13/h9-10H,5-8H2,1-4H3,(H2,14,15,16). The van der Waals surface area contributed by atoms with Gasteiger partial charge in [0.05, 0.1) is 7.11 Å². The molecule has 0 aliphatic carbocycles. The quantitative estimate of drug-likeness (QED) is 0.755. The first-order valence-corrected chi connectivity index (χ1v) is 6.52. The van der Waals surface area contributed by atoms with Gasteiger partial charge in [-0.2, -0.15) is 0 Å². The number of hydrogen-bond acceptors (Lipinski definition) is 5. The highest BCUT2D eigenvalue weighted by Crippen LogP contribution is 2.31. The van der Waals surface area contributed by atoms with E-state index in [4.69, 9.17) is 10.5 Å². The largest absolute Gasteiger partial charge is 0.490 e. The van der Waals surface area contributed by atoms with Crippen LogP contribution in [0.1, 0.15) is 40.0 Å². The van der Waals surface area contributed by atoms with E-state index in [-0.39, 0.29) is 0 Å². The van der Waals surface area contributed by atoms with Gasteiger partial charge in [-0.3, -0.25) is 0 Å². The Labute approximate surface area is 109 Å². The number of hydrogen-bond donors (Lipinski definition) is 1. The van der Waals surface area contributed by atoms with Crippen LogP contribution in [0.2, 0.25) is 0 Å². The maximum absolute atomic E-state index is 5.82. The molecule has 5 heteroatoms. The molecule has 102 valence electrons. The predicted octanol–water partition coefficient (Wildman–Crippen LogP) is 2.47. The van der Waals surface area contributed by atoms with Gasteiger partial charge in [-0.25, -0.2) is 9.97 Å². The van der Waals surface area contributed by atoms with Crippen molar-refractivity contribution in [1.82, 2.24) is 9.97 Å². The van der Waals surface area contributed by atoms with Crippen LogP contribution in [0.5, 0.6) is 5.75 Å². The summed E-state index contributed by atoms with van der Waals surface area (Å²) in [5, 5.41) is 0. The molecule has 1 rings (SSSR count). The number of nitrogen functional groups attached to an aromatic ring is 1. The topological polar surface area (TPSA) is 64.3 Å². The lowest BCUT2D eigenvalue weighted by Gasteiger charge is -2.29. The summed E-state index contributed by atoms with van der Waals surface area (Å²) in [5.74, 6) is 1.75. The Bertz CT molecular complexity index is 368. The minimum atomic E-state index is 0.352. The van der Waals surface area contributed by atoms with Gasteiger partial charge in [-0.15, -0.1) is 0 Å². The number of ether oxygens (including phenoxy) is 1. The van der Waals surface area contributed by atoms with Crippen LogP contribution in [0, 0.1) is 0 Å². The zero-order valence-corrected chi connectivity index (χ0v) is 11.8. The lowest BCUT2D eigenvalue weighted by molar-refractivity contribution is 0.411. The average molecular weight is 252 g/mol. The maximum atomic E-state index is 5.82. The van der Waals surface area contributed by atoms with Crippen molar-refractivity contribution in [2.45, 2.75) is 46.1 Å². The summed E-state index contributed by atoms with van der Waals surface area (Å²) in [5.41, 5.74) is 5.82. The molecule has 1 aromatic heterocycles. The Morgan fingerprint density at radius 3 is 2.61 bits per heavy atom. The van der Waals surface area contributed by atoms with Crippen molar-refractivity contribution in [2.75, 3.05) is 24.3 Å². The summed E-state index contributed by atoms with van der Waals surface area (Å²) in [6, 6.07) is 0.352. The zero-order valence-electron chi connectivity index (χ0n) is 11.8. The minimum absolute atomic E-state index is 0.352. The van der Waals surface area contributed by atoms with Crippen LogP contribution >= 0.6 is 0 Å². The summed E-state index contributed by atoms with van der Waals surface area (Å²) >= 11 is 0. The van der Waals surface area contributed by atoms with Gasteiger partial charge in [0.1, 0.15) is 6.33 Å². The summed E-state index contributed by atoms with van der Waals surface area (Å²) < 4.78 is 5.32. The number of aromatic nitrogens is 2. The molecule has 0 aliphatic heterocycles. The van der Waals surface area contributed by atoms with Crippen molar-refractivity contribution in [3.05, 3.63) is 6.33 Å². The highest BCUT2D eigenvalue weighted by atomic mass is 16.5. The fourth-order valence-electron chi connectivity index (χ4n) is 1.92. The second kappa shape index (κ2) is 7.03. The SMILES string of the molecule is CCCCCN(c1ncnc(N)c1OC)C(C)C. The molecule has 0 aliphatic rings. The van der Waals surface area contributed by atoms with Gasteiger partial charge in [0, 0.05) is 12.6 Å². The van der Waals surface area contributed by atoms with E-state index < -0.39 is 0 Å². The third kappa shape index (κ3) is 3.48. The highest BCUT2D eigenvalue weighted by Gasteiger charge is 2.18. The van der Waals surface area contributed by atoms with Crippen LogP contribution in [0.4, 0.5) is 11.6 Å². The molecule has 0 spiro atoms. The molecule has 0 radical (unpaired) electrons. The minimum Gasteiger partial charge on any atom is -0.490 e. The molecular weight excluding hydrogens is 228 g/mol. The fourth-order valence-corrected chi connectivity index (χ4v) is 1.92. The summed E-state index contributed by atoms with van der Waals surface area (Å²) in [6.07, 6.45) is 5.05. The van der Waals surface area contributed by atoms with E-state index in [0.29, 0.717) is 17.6 Å². The van der Waals surface area contributed by atoms with Gasteiger partial charge in [0.15, 0.2) is 11.6 Å². The first-order chi connectivity index (χ1) is 8.61. The van der Waals surface area contributed by atoms with Gasteiger partial charge in [0.2, 0.25) is 5.75 Å². The maximum Gasteiger partial charge on any atom is 0.204 e. The molecule has 5 nitrogen and oxygen atoms in total. The molecule has 0 unspecified atom stereocenters. The monoisotopic (exact) mass is 252 g/mol. The number of anilines is 2. The normalized spacial score (nSPS) is 10.7. The highest BCUT2D eigenvalue weighted by molar-refractivity contribution is 5.62. The van der Waals surface area contributed by atoms with E-state index >= 15 is 0 Å². The smallest absolute Gasteiger partial charge is 0.204 e. The van der Waals surface area contributed by atoms with E-state index in [9.17, 15) is 0 Å². The van der Waals surface area contributed by atoms with E-state index in [1.807, 2.05) is 0 Å². The van der Waals surface area contributed by atoms with E-state index in [1.165, 1.54) is 19.2 Å². The van der Waals surface area contributed by atoms with Gasteiger partial charge in [-0.05, 0) is 20.3 Å². The molecule has 1 aromatic rings. The Hall–Kier alpha value is -1.52. The summed E-state index contributed by atoms with van der Waals surface area (Å²) in [7, 11) is 1.60. The van der Waals surface area contributed by atoms with Gasteiger partial charge in [0.25, 0.3) is 0 Å². The van der Waals surface area contributed by atoms with Crippen LogP contribution in [0.3, 0.4) is 0 Å². The van der Waals surface area contributed by atoms with Crippen LogP contribution in [-0.4, -0.2) is 29.7 Å². The fraction of sp³-hybridized carbons (Fsp3) is 0.692. The van der Waals surface area contributed by atoms with Crippen LogP contribution in [-0.2, 0) is 0 Å². The molecule has 1 heterocycles. The number of methoxy groups -OCH3 is 1.